The second-order valence-electron chi connectivity index (χ2n) is 5.26. The zero-order chi connectivity index (χ0) is 16.8. The van der Waals surface area contributed by atoms with E-state index in [4.69, 9.17) is 0 Å². The Morgan fingerprint density at radius 2 is 2.22 bits per heavy atom. The first kappa shape index (κ1) is 17.5. The molecule has 7 heteroatoms. The molecular weight excluding hydrogens is 320 g/mol. The summed E-state index contributed by atoms with van der Waals surface area (Å²) in [7, 11) is 1.60. The predicted octanol–water partition coefficient (Wildman–Crippen LogP) is 3.48. The van der Waals surface area contributed by atoms with Gasteiger partial charge >= 0.3 is 6.55 Å². The largest absolute Gasteiger partial charge is 0.338 e. The summed E-state index contributed by atoms with van der Waals surface area (Å²) in [6, 6.07) is 8.12. The number of nitrogens with zero attached hydrogens (tertiary/aromatic N) is 3. The van der Waals surface area contributed by atoms with Crippen molar-refractivity contribution in [2.24, 2.45) is 0 Å². The van der Waals surface area contributed by atoms with E-state index in [2.05, 4.69) is 11.1 Å². The van der Waals surface area contributed by atoms with Crippen LogP contribution in [0.3, 0.4) is 0 Å². The third kappa shape index (κ3) is 5.06. The fourth-order valence-corrected chi connectivity index (χ4v) is 3.03. The number of rotatable bonds is 7. The van der Waals surface area contributed by atoms with Crippen LogP contribution in [0, 0.1) is 6.92 Å². The van der Waals surface area contributed by atoms with Gasteiger partial charge in [-0.3, -0.25) is 9.36 Å². The lowest BCUT2D eigenvalue weighted by molar-refractivity contribution is -0.127. The molecule has 2 aromatic rings. The third-order valence-corrected chi connectivity index (χ3v) is 4.33. The Morgan fingerprint density at radius 3 is 2.91 bits per heavy atom. The Labute approximate surface area is 138 Å². The first-order valence-electron chi connectivity index (χ1n) is 7.14. The second-order valence-corrected chi connectivity index (χ2v) is 6.25. The van der Waals surface area contributed by atoms with Gasteiger partial charge in [0.25, 0.3) is 0 Å². The van der Waals surface area contributed by atoms with Crippen molar-refractivity contribution in [3.05, 3.63) is 53.6 Å². The van der Waals surface area contributed by atoms with Gasteiger partial charge in [0.1, 0.15) is 5.82 Å². The van der Waals surface area contributed by atoms with E-state index >= 15 is 0 Å². The predicted molar refractivity (Wildman–Crippen MR) is 87.3 cm³/mol. The molecule has 0 unspecified atom stereocenters. The molecule has 4 nitrogen and oxygen atoms in total. The highest BCUT2D eigenvalue weighted by molar-refractivity contribution is 7.99. The number of hydrogen-bond acceptors (Lipinski definition) is 3. The van der Waals surface area contributed by atoms with Crippen molar-refractivity contribution in [2.75, 3.05) is 12.8 Å². The summed E-state index contributed by atoms with van der Waals surface area (Å²) in [5.41, 5.74) is 2.35. The molecule has 0 N–H and O–H groups in total. The minimum absolute atomic E-state index is 0.0706. The van der Waals surface area contributed by atoms with Crippen LogP contribution in [0.2, 0.25) is 0 Å². The summed E-state index contributed by atoms with van der Waals surface area (Å²) in [4.78, 5) is 17.4. The Kier molecular flexibility index (Phi) is 6.15. The number of imidazole rings is 1. The second kappa shape index (κ2) is 8.10. The van der Waals surface area contributed by atoms with Gasteiger partial charge in [0.2, 0.25) is 5.91 Å². The molecule has 0 saturated carbocycles. The highest BCUT2D eigenvalue weighted by Crippen LogP contribution is 2.16. The summed E-state index contributed by atoms with van der Waals surface area (Å²) in [5, 5.41) is 0. The molecule has 1 aromatic carbocycles. The first-order valence-corrected chi connectivity index (χ1v) is 8.30. The molecule has 1 heterocycles. The quantitative estimate of drug-likeness (QED) is 0.775. The van der Waals surface area contributed by atoms with E-state index < -0.39 is 6.55 Å². The zero-order valence-corrected chi connectivity index (χ0v) is 13.9. The van der Waals surface area contributed by atoms with E-state index in [0.717, 1.165) is 10.3 Å². The highest BCUT2D eigenvalue weighted by atomic mass is 32.2. The maximum absolute atomic E-state index is 12.8. The first-order chi connectivity index (χ1) is 11.0. The minimum atomic E-state index is -2.65. The average Bonchev–Trinajstić information content (AvgIpc) is 2.95. The summed E-state index contributed by atoms with van der Waals surface area (Å²) in [6.07, 6.45) is 2.52. The van der Waals surface area contributed by atoms with Crippen molar-refractivity contribution in [3.63, 3.8) is 0 Å². The van der Waals surface area contributed by atoms with Crippen LogP contribution in [-0.4, -0.2) is 33.2 Å². The average molecular weight is 339 g/mol. The van der Waals surface area contributed by atoms with Gasteiger partial charge in [-0.2, -0.15) is 8.78 Å². The van der Waals surface area contributed by atoms with Gasteiger partial charge in [0.15, 0.2) is 0 Å². The maximum atomic E-state index is 12.8. The number of aryl methyl sites for hydroxylation is 1. The molecule has 0 aliphatic carbocycles. The number of alkyl halides is 2. The Bertz CT molecular complexity index is 660. The van der Waals surface area contributed by atoms with Crippen molar-refractivity contribution < 1.29 is 13.6 Å². The lowest BCUT2D eigenvalue weighted by Crippen LogP contribution is -2.29. The van der Waals surface area contributed by atoms with Gasteiger partial charge in [-0.25, -0.2) is 4.98 Å². The lowest BCUT2D eigenvalue weighted by Gasteiger charge is -2.17. The molecule has 0 aliphatic heterocycles. The van der Waals surface area contributed by atoms with Crippen LogP contribution < -0.4 is 0 Å². The maximum Gasteiger partial charge on any atom is 0.319 e. The molecular formula is C16H19F2N3OS. The van der Waals surface area contributed by atoms with E-state index in [1.807, 2.05) is 25.1 Å². The van der Waals surface area contributed by atoms with Crippen LogP contribution in [0.15, 0.2) is 36.7 Å². The van der Waals surface area contributed by atoms with Crippen molar-refractivity contribution in [2.45, 2.75) is 25.8 Å². The molecule has 1 amide bonds. The number of benzene rings is 1. The van der Waals surface area contributed by atoms with Crippen LogP contribution in [0.1, 0.15) is 23.5 Å². The Morgan fingerprint density at radius 1 is 1.43 bits per heavy atom. The SMILES string of the molecule is Cc1cccc(CSCC(=O)N(C)Cc2nccn2C(F)F)c1. The molecule has 0 fully saturated rings. The van der Waals surface area contributed by atoms with Gasteiger partial charge in [-0.15, -0.1) is 11.8 Å². The van der Waals surface area contributed by atoms with Gasteiger partial charge in [0.05, 0.1) is 12.3 Å². The minimum Gasteiger partial charge on any atom is -0.338 e. The summed E-state index contributed by atoms with van der Waals surface area (Å²) >= 11 is 1.51. The molecule has 0 spiro atoms. The van der Waals surface area contributed by atoms with Gasteiger partial charge in [-0.1, -0.05) is 29.8 Å². The van der Waals surface area contributed by atoms with E-state index in [1.165, 1.54) is 40.2 Å². The van der Waals surface area contributed by atoms with Crippen LogP contribution in [0.4, 0.5) is 8.78 Å². The topological polar surface area (TPSA) is 38.1 Å². The number of carbonyl (C=O) groups excluding carboxylic acids is 1. The van der Waals surface area contributed by atoms with Crippen LogP contribution in [0.5, 0.6) is 0 Å². The molecule has 0 atom stereocenters. The fourth-order valence-electron chi connectivity index (χ4n) is 2.11. The summed E-state index contributed by atoms with van der Waals surface area (Å²) in [6.45, 7) is -0.550. The number of aromatic nitrogens is 2. The Balaban J connectivity index is 1.82. The molecule has 1 aromatic heterocycles. The van der Waals surface area contributed by atoms with Crippen molar-refractivity contribution in [3.8, 4) is 0 Å². The van der Waals surface area contributed by atoms with Crippen LogP contribution in [0.25, 0.3) is 0 Å². The number of hydrogen-bond donors (Lipinski definition) is 0. The number of halogens is 2. The van der Waals surface area contributed by atoms with Gasteiger partial charge in [0, 0.05) is 25.2 Å². The monoisotopic (exact) mass is 339 g/mol. The van der Waals surface area contributed by atoms with E-state index in [1.54, 1.807) is 7.05 Å². The van der Waals surface area contributed by atoms with E-state index in [0.29, 0.717) is 5.75 Å². The number of carbonyl (C=O) groups is 1. The molecule has 0 saturated heterocycles. The highest BCUT2D eigenvalue weighted by Gasteiger charge is 2.16. The Hall–Kier alpha value is -1.89. The van der Waals surface area contributed by atoms with Crippen LogP contribution in [-0.2, 0) is 17.1 Å². The van der Waals surface area contributed by atoms with Crippen molar-refractivity contribution in [1.29, 1.82) is 0 Å². The summed E-state index contributed by atoms with van der Waals surface area (Å²) in [5.74, 6) is 1.12. The van der Waals surface area contributed by atoms with Gasteiger partial charge in [-0.05, 0) is 12.5 Å². The number of amides is 1. The molecule has 0 radical (unpaired) electrons. The van der Waals surface area contributed by atoms with E-state index in [9.17, 15) is 13.6 Å². The summed E-state index contributed by atoms with van der Waals surface area (Å²) < 4.78 is 26.3. The molecule has 0 aliphatic rings. The smallest absolute Gasteiger partial charge is 0.319 e. The van der Waals surface area contributed by atoms with Crippen molar-refractivity contribution >= 4 is 17.7 Å². The lowest BCUT2D eigenvalue weighted by atomic mass is 10.2. The zero-order valence-electron chi connectivity index (χ0n) is 13.1. The third-order valence-electron chi connectivity index (χ3n) is 3.34. The molecule has 2 rings (SSSR count). The fraction of sp³-hybridized carbons (Fsp3) is 0.375. The van der Waals surface area contributed by atoms with Gasteiger partial charge < -0.3 is 4.90 Å². The molecule has 0 bridgehead atoms. The normalized spacial score (nSPS) is 11.0. The molecule has 23 heavy (non-hydrogen) atoms. The van der Waals surface area contributed by atoms with E-state index in [-0.39, 0.29) is 18.3 Å². The molecule has 124 valence electrons. The standard InChI is InChI=1S/C16H19F2N3OS/c1-12-4-3-5-13(8-12)10-23-11-15(22)20(2)9-14-19-6-7-21(14)16(17)18/h3-8,16H,9-11H2,1-2H3. The van der Waals surface area contributed by atoms with Crippen LogP contribution >= 0.6 is 11.8 Å². The number of thioether (sulfide) groups is 1. The van der Waals surface area contributed by atoms with Crippen molar-refractivity contribution in [1.82, 2.24) is 14.5 Å².